The molecule has 0 unspecified atom stereocenters. The van der Waals surface area contributed by atoms with E-state index in [1.165, 1.54) is 25.9 Å². The second-order valence-electron chi connectivity index (χ2n) is 7.95. The first-order valence-electron chi connectivity index (χ1n) is 10.6. The molecular formula is C20H36IN7O. The summed E-state index contributed by atoms with van der Waals surface area (Å²) in [6.45, 7) is 11.3. The van der Waals surface area contributed by atoms with Crippen molar-refractivity contribution in [2.45, 2.75) is 33.1 Å². The van der Waals surface area contributed by atoms with Crippen molar-refractivity contribution >= 4 is 41.5 Å². The Hall–Kier alpha value is -1.36. The van der Waals surface area contributed by atoms with E-state index in [9.17, 15) is 4.79 Å². The van der Waals surface area contributed by atoms with Crippen LogP contribution >= 0.6 is 24.0 Å². The molecule has 2 saturated heterocycles. The van der Waals surface area contributed by atoms with Crippen molar-refractivity contribution in [2.75, 3.05) is 57.3 Å². The van der Waals surface area contributed by atoms with Gasteiger partial charge in [0.25, 0.3) is 0 Å². The first kappa shape index (κ1) is 23.9. The Kier molecular flexibility index (Phi) is 9.67. The minimum atomic E-state index is 0. The molecule has 29 heavy (non-hydrogen) atoms. The number of nitrogens with one attached hydrogen (secondary N) is 1. The quantitative estimate of drug-likeness (QED) is 0.270. The lowest BCUT2D eigenvalue weighted by atomic mass is 9.99. The van der Waals surface area contributed by atoms with Gasteiger partial charge in [-0.2, -0.15) is 5.10 Å². The van der Waals surface area contributed by atoms with Crippen LogP contribution < -0.4 is 10.2 Å². The van der Waals surface area contributed by atoms with Gasteiger partial charge < -0.3 is 20.0 Å². The Morgan fingerprint density at radius 1 is 1.28 bits per heavy atom. The van der Waals surface area contributed by atoms with Crippen LogP contribution in [0.4, 0.5) is 5.69 Å². The molecule has 0 aromatic carbocycles. The summed E-state index contributed by atoms with van der Waals surface area (Å²) >= 11 is 0. The van der Waals surface area contributed by atoms with Crippen LogP contribution in [0.15, 0.2) is 17.4 Å². The van der Waals surface area contributed by atoms with Crippen LogP contribution in [0, 0.1) is 5.92 Å². The first-order chi connectivity index (χ1) is 13.6. The highest BCUT2D eigenvalue weighted by Gasteiger charge is 2.27. The number of aliphatic imine (C=N–C) groups is 1. The summed E-state index contributed by atoms with van der Waals surface area (Å²) in [5.74, 6) is 1.82. The van der Waals surface area contributed by atoms with Crippen LogP contribution in [0.2, 0.25) is 0 Å². The van der Waals surface area contributed by atoms with Crippen LogP contribution in [-0.2, 0) is 11.8 Å². The highest BCUT2D eigenvalue weighted by atomic mass is 127. The van der Waals surface area contributed by atoms with Gasteiger partial charge in [-0.05, 0) is 51.7 Å². The molecule has 1 amide bonds. The molecule has 0 aliphatic carbocycles. The predicted molar refractivity (Wildman–Crippen MR) is 128 cm³/mol. The number of piperidine rings is 1. The van der Waals surface area contributed by atoms with Crippen LogP contribution in [0.3, 0.4) is 0 Å². The molecule has 2 aliphatic heterocycles. The standard InChI is InChI=1S/C20H35N7O.HI/c1-4-21-20(22-8-5-9-25-10-6-17(2)7-11-25)26-12-13-27(19(28)16-26)18-14-23-24(3)15-18;/h14-15,17H,4-13,16H2,1-3H3,(H,21,22);1H. The zero-order valence-electron chi connectivity index (χ0n) is 18.0. The third-order valence-electron chi connectivity index (χ3n) is 5.63. The van der Waals surface area contributed by atoms with Gasteiger partial charge in [0.15, 0.2) is 5.96 Å². The molecule has 1 aromatic heterocycles. The lowest BCUT2D eigenvalue weighted by Crippen LogP contribution is -2.55. The Morgan fingerprint density at radius 3 is 2.66 bits per heavy atom. The molecule has 9 heteroatoms. The average molecular weight is 517 g/mol. The predicted octanol–water partition coefficient (Wildman–Crippen LogP) is 1.77. The molecule has 0 bridgehead atoms. The number of guanidine groups is 1. The van der Waals surface area contributed by atoms with Crippen molar-refractivity contribution in [3.8, 4) is 0 Å². The largest absolute Gasteiger partial charge is 0.357 e. The van der Waals surface area contributed by atoms with E-state index in [1.807, 2.05) is 18.1 Å². The number of rotatable bonds is 6. The molecular weight excluding hydrogens is 481 g/mol. The van der Waals surface area contributed by atoms with E-state index in [-0.39, 0.29) is 29.9 Å². The van der Waals surface area contributed by atoms with Crippen LogP contribution in [0.5, 0.6) is 0 Å². The second kappa shape index (κ2) is 11.7. The normalized spacial score (nSPS) is 19.4. The maximum Gasteiger partial charge on any atom is 0.246 e. The Balaban J connectivity index is 0.00000300. The molecule has 0 radical (unpaired) electrons. The smallest absolute Gasteiger partial charge is 0.246 e. The zero-order chi connectivity index (χ0) is 19.9. The summed E-state index contributed by atoms with van der Waals surface area (Å²) in [4.78, 5) is 23.9. The van der Waals surface area contributed by atoms with Crippen molar-refractivity contribution in [1.29, 1.82) is 0 Å². The lowest BCUT2D eigenvalue weighted by molar-refractivity contribution is -0.120. The summed E-state index contributed by atoms with van der Waals surface area (Å²) in [5, 5.41) is 7.52. The summed E-state index contributed by atoms with van der Waals surface area (Å²) in [7, 11) is 1.87. The third kappa shape index (κ3) is 6.84. The van der Waals surface area contributed by atoms with Crippen molar-refractivity contribution < 1.29 is 4.79 Å². The fourth-order valence-corrected chi connectivity index (χ4v) is 3.87. The SMILES string of the molecule is CCNC(=NCCCN1CCC(C)CC1)N1CCN(c2cnn(C)c2)C(=O)C1.I. The number of anilines is 1. The van der Waals surface area contributed by atoms with Gasteiger partial charge in [0.2, 0.25) is 5.91 Å². The molecule has 1 N–H and O–H groups in total. The molecule has 3 heterocycles. The lowest BCUT2D eigenvalue weighted by Gasteiger charge is -2.35. The van der Waals surface area contributed by atoms with E-state index in [4.69, 9.17) is 4.99 Å². The number of hydrogen-bond donors (Lipinski definition) is 1. The van der Waals surface area contributed by atoms with Gasteiger partial charge in [-0.1, -0.05) is 6.92 Å². The second-order valence-corrected chi connectivity index (χ2v) is 7.95. The van der Waals surface area contributed by atoms with E-state index in [0.29, 0.717) is 13.1 Å². The summed E-state index contributed by atoms with van der Waals surface area (Å²) in [6.07, 6.45) is 7.32. The number of carbonyl (C=O) groups is 1. The molecule has 2 aliphatic rings. The maximum atomic E-state index is 12.6. The van der Waals surface area contributed by atoms with Crippen molar-refractivity contribution in [3.05, 3.63) is 12.4 Å². The van der Waals surface area contributed by atoms with Gasteiger partial charge in [0.1, 0.15) is 6.54 Å². The maximum absolute atomic E-state index is 12.6. The number of carbonyl (C=O) groups excluding carboxylic acids is 1. The number of likely N-dealkylation sites (tertiary alicyclic amines) is 1. The number of aryl methyl sites for hydroxylation is 1. The molecule has 2 fully saturated rings. The molecule has 3 rings (SSSR count). The van der Waals surface area contributed by atoms with Crippen molar-refractivity contribution in [3.63, 3.8) is 0 Å². The molecule has 8 nitrogen and oxygen atoms in total. The monoisotopic (exact) mass is 517 g/mol. The number of nitrogens with zero attached hydrogens (tertiary/aromatic N) is 6. The van der Waals surface area contributed by atoms with E-state index in [2.05, 4.69) is 34.1 Å². The van der Waals surface area contributed by atoms with Crippen molar-refractivity contribution in [1.82, 2.24) is 24.9 Å². The molecule has 0 atom stereocenters. The fourth-order valence-electron chi connectivity index (χ4n) is 3.87. The van der Waals surface area contributed by atoms with E-state index >= 15 is 0 Å². The Labute approximate surface area is 191 Å². The van der Waals surface area contributed by atoms with Gasteiger partial charge in [-0.15, -0.1) is 24.0 Å². The minimum Gasteiger partial charge on any atom is -0.357 e. The molecule has 0 saturated carbocycles. The van der Waals surface area contributed by atoms with Crippen LogP contribution in [-0.4, -0.2) is 83.8 Å². The third-order valence-corrected chi connectivity index (χ3v) is 5.63. The number of hydrogen-bond acceptors (Lipinski definition) is 4. The summed E-state index contributed by atoms with van der Waals surface area (Å²) in [5.41, 5.74) is 0.866. The van der Waals surface area contributed by atoms with Gasteiger partial charge >= 0.3 is 0 Å². The fraction of sp³-hybridized carbons (Fsp3) is 0.750. The Morgan fingerprint density at radius 2 is 2.03 bits per heavy atom. The number of piperazine rings is 1. The topological polar surface area (TPSA) is 69.0 Å². The highest BCUT2D eigenvalue weighted by Crippen LogP contribution is 2.17. The van der Waals surface area contributed by atoms with Gasteiger partial charge in [0, 0.05) is 39.4 Å². The average Bonchev–Trinajstić information content (AvgIpc) is 3.11. The Bertz CT molecular complexity index is 670. The first-order valence-corrected chi connectivity index (χ1v) is 10.6. The zero-order valence-corrected chi connectivity index (χ0v) is 20.3. The van der Waals surface area contributed by atoms with E-state index in [1.54, 1.807) is 10.9 Å². The number of aromatic nitrogens is 2. The van der Waals surface area contributed by atoms with Gasteiger partial charge in [-0.25, -0.2) is 0 Å². The minimum absolute atomic E-state index is 0. The number of amides is 1. The number of halogens is 1. The van der Waals surface area contributed by atoms with Crippen LogP contribution in [0.1, 0.15) is 33.1 Å². The van der Waals surface area contributed by atoms with E-state index < -0.39 is 0 Å². The van der Waals surface area contributed by atoms with Crippen molar-refractivity contribution in [2.24, 2.45) is 18.0 Å². The summed E-state index contributed by atoms with van der Waals surface area (Å²) < 4.78 is 1.73. The molecule has 164 valence electrons. The van der Waals surface area contributed by atoms with Gasteiger partial charge in [0.05, 0.1) is 11.9 Å². The van der Waals surface area contributed by atoms with E-state index in [0.717, 1.165) is 50.2 Å². The van der Waals surface area contributed by atoms with Gasteiger partial charge in [-0.3, -0.25) is 14.5 Å². The molecule has 0 spiro atoms. The highest BCUT2D eigenvalue weighted by molar-refractivity contribution is 14.0. The van der Waals surface area contributed by atoms with Crippen LogP contribution in [0.25, 0.3) is 0 Å². The summed E-state index contributed by atoms with van der Waals surface area (Å²) in [6, 6.07) is 0. The molecule has 1 aromatic rings.